The molecule has 4 rings (SSSR count). The quantitative estimate of drug-likeness (QED) is 0.403. The third-order valence-electron chi connectivity index (χ3n) is 4.64. The smallest absolute Gasteiger partial charge is 0.341 e. The Morgan fingerprint density at radius 2 is 2.10 bits per heavy atom. The highest BCUT2D eigenvalue weighted by molar-refractivity contribution is 7.20. The monoisotopic (exact) mass is 426 g/mol. The molecule has 29 heavy (non-hydrogen) atoms. The minimum absolute atomic E-state index is 0.212. The molecule has 150 valence electrons. The predicted octanol–water partition coefficient (Wildman–Crippen LogP) is 4.96. The Labute approximate surface area is 177 Å². The maximum Gasteiger partial charge on any atom is 0.341 e. The van der Waals surface area contributed by atoms with Gasteiger partial charge < -0.3 is 10.1 Å². The maximum atomic E-state index is 12.5. The molecule has 0 unspecified atom stereocenters. The zero-order valence-electron chi connectivity index (χ0n) is 16.3. The Kier molecular flexibility index (Phi) is 6.03. The zero-order chi connectivity index (χ0) is 20.2. The van der Waals surface area contributed by atoms with Gasteiger partial charge in [0.15, 0.2) is 0 Å². The number of esters is 1. The first-order valence-electron chi connectivity index (χ1n) is 9.58. The summed E-state index contributed by atoms with van der Waals surface area (Å²) in [5.74, 6) is -0.360. The van der Waals surface area contributed by atoms with Crippen LogP contribution in [0.3, 0.4) is 0 Å². The summed E-state index contributed by atoms with van der Waals surface area (Å²) in [7, 11) is 0. The molecule has 0 aliphatic heterocycles. The summed E-state index contributed by atoms with van der Waals surface area (Å²) < 4.78 is 8.09. The van der Waals surface area contributed by atoms with Crippen LogP contribution < -0.4 is 5.32 Å². The Bertz CT molecular complexity index is 1070. The van der Waals surface area contributed by atoms with Crippen LogP contribution in [0.5, 0.6) is 0 Å². The lowest BCUT2D eigenvalue weighted by Crippen LogP contribution is -2.23. The third-order valence-corrected chi connectivity index (χ3v) is 6.64. The van der Waals surface area contributed by atoms with Gasteiger partial charge in [0.2, 0.25) is 5.13 Å². The number of thiophene rings is 1. The van der Waals surface area contributed by atoms with E-state index >= 15 is 0 Å². The first-order chi connectivity index (χ1) is 14.2. The molecule has 0 spiro atoms. The summed E-state index contributed by atoms with van der Waals surface area (Å²) >= 11 is 3.28. The van der Waals surface area contributed by atoms with Crippen LogP contribution in [0.25, 0.3) is 15.3 Å². The molecule has 3 aromatic heterocycles. The second-order valence-corrected chi connectivity index (χ2v) is 8.45. The molecular weight excluding hydrogens is 404 g/mol. The van der Waals surface area contributed by atoms with Gasteiger partial charge in [-0.2, -0.15) is 5.10 Å². The molecule has 1 aromatic carbocycles. The van der Waals surface area contributed by atoms with E-state index in [1.165, 1.54) is 4.88 Å². The number of fused-ring (bicyclic) bond motifs is 1. The molecule has 0 saturated heterocycles. The van der Waals surface area contributed by atoms with Gasteiger partial charge in [0.05, 0.1) is 28.7 Å². The summed E-state index contributed by atoms with van der Waals surface area (Å²) in [6.45, 7) is 4.76. The molecule has 0 amide bonds. The van der Waals surface area contributed by atoms with Crippen LogP contribution >= 0.6 is 22.7 Å². The van der Waals surface area contributed by atoms with Gasteiger partial charge >= 0.3 is 5.97 Å². The van der Waals surface area contributed by atoms with E-state index in [4.69, 9.17) is 9.72 Å². The van der Waals surface area contributed by atoms with E-state index in [2.05, 4.69) is 34.9 Å². The van der Waals surface area contributed by atoms with E-state index < -0.39 is 0 Å². The largest absolute Gasteiger partial charge is 0.462 e. The fourth-order valence-electron chi connectivity index (χ4n) is 3.19. The highest BCUT2D eigenvalue weighted by Gasteiger charge is 2.22. The van der Waals surface area contributed by atoms with Gasteiger partial charge in [-0.3, -0.25) is 0 Å². The van der Waals surface area contributed by atoms with Gasteiger partial charge in [0, 0.05) is 17.5 Å². The van der Waals surface area contributed by atoms with Gasteiger partial charge in [-0.25, -0.2) is 14.5 Å². The number of nitrogens with one attached hydrogen (secondary N) is 1. The highest BCUT2D eigenvalue weighted by Crippen LogP contribution is 2.27. The SMILES string of the molecule is CCOC(=O)c1cnn(-c2nc3ccccc3s2)c1CN[C@@H](CC)c1cccs1. The number of thiazole rings is 1. The van der Waals surface area contributed by atoms with E-state index in [-0.39, 0.29) is 12.0 Å². The van der Waals surface area contributed by atoms with Gasteiger partial charge in [-0.1, -0.05) is 36.5 Å². The normalized spacial score (nSPS) is 12.3. The van der Waals surface area contributed by atoms with Crippen LogP contribution in [-0.4, -0.2) is 27.3 Å². The summed E-state index contributed by atoms with van der Waals surface area (Å²) in [4.78, 5) is 18.5. The lowest BCUT2D eigenvalue weighted by molar-refractivity contribution is 0.0524. The van der Waals surface area contributed by atoms with E-state index in [0.29, 0.717) is 18.7 Å². The second-order valence-electron chi connectivity index (χ2n) is 6.46. The highest BCUT2D eigenvalue weighted by atomic mass is 32.1. The first-order valence-corrected chi connectivity index (χ1v) is 11.3. The van der Waals surface area contributed by atoms with Crippen molar-refractivity contribution in [2.45, 2.75) is 32.9 Å². The van der Waals surface area contributed by atoms with Crippen molar-refractivity contribution in [2.75, 3.05) is 6.61 Å². The van der Waals surface area contributed by atoms with Crippen molar-refractivity contribution in [2.24, 2.45) is 0 Å². The molecule has 0 radical (unpaired) electrons. The number of nitrogens with zero attached hydrogens (tertiary/aromatic N) is 3. The molecule has 0 bridgehead atoms. The average molecular weight is 427 g/mol. The fraction of sp³-hybridized carbons (Fsp3) is 0.286. The average Bonchev–Trinajstić information content (AvgIpc) is 3.47. The Morgan fingerprint density at radius 3 is 2.83 bits per heavy atom. The Balaban J connectivity index is 1.69. The van der Waals surface area contributed by atoms with Crippen molar-refractivity contribution in [3.63, 3.8) is 0 Å². The number of carbonyl (C=O) groups is 1. The second kappa shape index (κ2) is 8.86. The topological polar surface area (TPSA) is 69.0 Å². The van der Waals surface area contributed by atoms with E-state index in [9.17, 15) is 4.79 Å². The molecule has 4 aromatic rings. The van der Waals surface area contributed by atoms with Crippen molar-refractivity contribution in [3.05, 3.63) is 64.1 Å². The molecular formula is C21H22N4O2S2. The zero-order valence-corrected chi connectivity index (χ0v) is 17.9. The maximum absolute atomic E-state index is 12.5. The summed E-state index contributed by atoms with van der Waals surface area (Å²) in [5.41, 5.74) is 2.15. The molecule has 0 fully saturated rings. The van der Waals surface area contributed by atoms with Crippen LogP contribution in [0, 0.1) is 0 Å². The van der Waals surface area contributed by atoms with Gasteiger partial charge in [-0.05, 0) is 36.9 Å². The number of hydrogen-bond donors (Lipinski definition) is 1. The summed E-state index contributed by atoms with van der Waals surface area (Å²) in [6.07, 6.45) is 2.53. The number of para-hydroxylation sites is 1. The minimum atomic E-state index is -0.360. The minimum Gasteiger partial charge on any atom is -0.462 e. The van der Waals surface area contributed by atoms with Crippen LogP contribution in [0.1, 0.15) is 47.2 Å². The number of rotatable bonds is 8. The predicted molar refractivity (Wildman–Crippen MR) is 117 cm³/mol. The molecule has 0 aliphatic rings. The van der Waals surface area contributed by atoms with Crippen molar-refractivity contribution in [1.82, 2.24) is 20.1 Å². The van der Waals surface area contributed by atoms with Gasteiger partial charge in [-0.15, -0.1) is 11.3 Å². The number of hydrogen-bond acceptors (Lipinski definition) is 7. The summed E-state index contributed by atoms with van der Waals surface area (Å²) in [6, 6.07) is 12.4. The first kappa shape index (κ1) is 19.8. The Hall–Kier alpha value is -2.55. The lowest BCUT2D eigenvalue weighted by atomic mass is 10.1. The van der Waals surface area contributed by atoms with E-state index in [1.807, 2.05) is 24.3 Å². The molecule has 3 heterocycles. The molecule has 0 aliphatic carbocycles. The molecule has 6 nitrogen and oxygen atoms in total. The van der Waals surface area contributed by atoms with Crippen molar-refractivity contribution >= 4 is 38.9 Å². The fourth-order valence-corrected chi connectivity index (χ4v) is 5.03. The molecule has 8 heteroatoms. The summed E-state index contributed by atoms with van der Waals surface area (Å²) in [5, 5.41) is 10.9. The van der Waals surface area contributed by atoms with Crippen molar-refractivity contribution < 1.29 is 9.53 Å². The molecule has 0 saturated carbocycles. The third kappa shape index (κ3) is 4.10. The van der Waals surface area contributed by atoms with Crippen LogP contribution in [-0.2, 0) is 11.3 Å². The molecule has 1 atom stereocenters. The van der Waals surface area contributed by atoms with Gasteiger partial charge in [0.25, 0.3) is 0 Å². The van der Waals surface area contributed by atoms with Crippen molar-refractivity contribution in [3.8, 4) is 5.13 Å². The van der Waals surface area contributed by atoms with Gasteiger partial charge in [0.1, 0.15) is 5.56 Å². The van der Waals surface area contributed by atoms with Crippen molar-refractivity contribution in [1.29, 1.82) is 0 Å². The standard InChI is InChI=1S/C21H22N4O2S2/c1-3-15(18-10-7-11-28-18)22-13-17-14(20(26)27-4-2)12-23-25(17)21-24-16-8-5-6-9-19(16)29-21/h5-12,15,22H,3-4,13H2,1-2H3/t15-/m0/s1. The lowest BCUT2D eigenvalue weighted by Gasteiger charge is -2.16. The number of ether oxygens (including phenoxy) is 1. The number of carbonyl (C=O) groups excluding carboxylic acids is 1. The van der Waals surface area contributed by atoms with Crippen LogP contribution in [0.2, 0.25) is 0 Å². The Morgan fingerprint density at radius 1 is 1.24 bits per heavy atom. The van der Waals surface area contributed by atoms with E-state index in [0.717, 1.165) is 27.5 Å². The molecule has 1 N–H and O–H groups in total. The van der Waals surface area contributed by atoms with Crippen LogP contribution in [0.15, 0.2) is 48.0 Å². The van der Waals surface area contributed by atoms with Crippen LogP contribution in [0.4, 0.5) is 0 Å². The number of aromatic nitrogens is 3. The number of benzene rings is 1. The van der Waals surface area contributed by atoms with E-state index in [1.54, 1.807) is 40.5 Å².